The van der Waals surface area contributed by atoms with Gasteiger partial charge in [0.1, 0.15) is 0 Å². The van der Waals surface area contributed by atoms with Crippen LogP contribution in [0.4, 0.5) is 0 Å². The van der Waals surface area contributed by atoms with Crippen LogP contribution in [0.1, 0.15) is 37.7 Å². The normalized spacial score (nSPS) is 22.8. The molecule has 0 aromatic heterocycles. The van der Waals surface area contributed by atoms with Crippen molar-refractivity contribution < 1.29 is 8.95 Å². The van der Waals surface area contributed by atoms with Gasteiger partial charge >= 0.3 is 0 Å². The molecule has 1 saturated carbocycles. The summed E-state index contributed by atoms with van der Waals surface area (Å²) in [6, 6.07) is 7.89. The van der Waals surface area contributed by atoms with E-state index >= 15 is 0 Å². The Kier molecular flexibility index (Phi) is 4.03. The van der Waals surface area contributed by atoms with Crippen molar-refractivity contribution in [3.8, 4) is 0 Å². The minimum atomic E-state index is -1.01. The summed E-state index contributed by atoms with van der Waals surface area (Å²) in [5, 5.41) is 0. The second-order valence-corrected chi connectivity index (χ2v) is 7.23. The Morgan fingerprint density at radius 1 is 1.20 bits per heavy atom. The zero-order chi connectivity index (χ0) is 14.0. The van der Waals surface area contributed by atoms with Gasteiger partial charge in [-0.1, -0.05) is 24.1 Å². The molecule has 0 amide bonds. The van der Waals surface area contributed by atoms with Gasteiger partial charge in [0.2, 0.25) is 0 Å². The number of aryl methyl sites for hydroxylation is 1. The Morgan fingerprint density at radius 3 is 2.60 bits per heavy atom. The molecule has 1 unspecified atom stereocenters. The first-order valence-electron chi connectivity index (χ1n) is 7.34. The van der Waals surface area contributed by atoms with Gasteiger partial charge in [-0.2, -0.15) is 0 Å². The minimum Gasteiger partial charge on any atom is -0.348 e. The molecule has 1 aromatic carbocycles. The second kappa shape index (κ2) is 5.78. The number of ether oxygens (including phenoxy) is 1. The second-order valence-electron chi connectivity index (χ2n) is 5.78. The van der Waals surface area contributed by atoms with Crippen LogP contribution in [0.5, 0.6) is 0 Å². The monoisotopic (exact) mass is 291 g/mol. The number of hydrogen-bond acceptors (Lipinski definition) is 3. The molecule has 0 radical (unpaired) electrons. The maximum Gasteiger partial charge on any atom is 0.159 e. The van der Waals surface area contributed by atoms with Crippen LogP contribution in [0.25, 0.3) is 0 Å². The van der Waals surface area contributed by atoms with E-state index in [1.165, 1.54) is 24.8 Å². The maximum absolute atomic E-state index is 12.4. The predicted molar refractivity (Wildman–Crippen MR) is 81.7 cm³/mol. The third kappa shape index (κ3) is 3.01. The molecule has 1 aromatic rings. The van der Waals surface area contributed by atoms with Crippen LogP contribution in [0.15, 0.2) is 34.2 Å². The lowest BCUT2D eigenvalue weighted by atomic mass is 9.92. The zero-order valence-corrected chi connectivity index (χ0v) is 12.7. The van der Waals surface area contributed by atoms with Crippen molar-refractivity contribution in [3.05, 3.63) is 29.8 Å². The first-order chi connectivity index (χ1) is 9.67. The average molecular weight is 291 g/mol. The molecule has 1 heterocycles. The summed E-state index contributed by atoms with van der Waals surface area (Å²) in [7, 11) is -1.01. The van der Waals surface area contributed by atoms with Crippen LogP contribution < -0.4 is 0 Å². The first-order valence-corrected chi connectivity index (χ1v) is 8.65. The molecule has 1 aliphatic heterocycles. The van der Waals surface area contributed by atoms with E-state index in [0.29, 0.717) is 12.4 Å². The molecule has 1 aliphatic carbocycles. The van der Waals surface area contributed by atoms with E-state index in [0.717, 1.165) is 23.4 Å². The highest BCUT2D eigenvalue weighted by molar-refractivity contribution is 7.85. The fourth-order valence-electron chi connectivity index (χ4n) is 2.93. The minimum absolute atomic E-state index is 0.273. The highest BCUT2D eigenvalue weighted by atomic mass is 32.2. The molecule has 0 saturated heterocycles. The van der Waals surface area contributed by atoms with E-state index in [2.05, 4.69) is 0 Å². The molecule has 4 heteroatoms. The van der Waals surface area contributed by atoms with Crippen molar-refractivity contribution in [1.82, 2.24) is 0 Å². The summed E-state index contributed by atoms with van der Waals surface area (Å²) in [4.78, 5) is 5.64. The van der Waals surface area contributed by atoms with E-state index in [-0.39, 0.29) is 5.72 Å². The number of hydrogen-bond donors (Lipinski definition) is 0. The van der Waals surface area contributed by atoms with Crippen molar-refractivity contribution in [1.29, 1.82) is 0 Å². The molecule has 0 bridgehead atoms. The standard InChI is InChI=1S/C16H21NO2S/c1-13-5-7-15(8-6-13)20(18)12-14-11-19-16(17-14)9-3-2-4-10-16/h5-8H,2-4,9-12H2,1H3. The zero-order valence-electron chi connectivity index (χ0n) is 11.9. The summed E-state index contributed by atoms with van der Waals surface area (Å²) in [5.41, 5.74) is 1.88. The molecule has 1 spiro atoms. The smallest absolute Gasteiger partial charge is 0.159 e. The van der Waals surface area contributed by atoms with Crippen molar-refractivity contribution in [2.24, 2.45) is 4.99 Å². The van der Waals surface area contributed by atoms with Gasteiger partial charge in [0.15, 0.2) is 5.72 Å². The Bertz CT molecular complexity index is 530. The molecule has 2 aliphatic rings. The van der Waals surface area contributed by atoms with Crippen LogP contribution >= 0.6 is 0 Å². The van der Waals surface area contributed by atoms with E-state index in [1.807, 2.05) is 31.2 Å². The maximum atomic E-state index is 12.4. The van der Waals surface area contributed by atoms with E-state index in [9.17, 15) is 4.21 Å². The molecular weight excluding hydrogens is 270 g/mol. The Balaban J connectivity index is 1.67. The average Bonchev–Trinajstić information content (AvgIpc) is 2.83. The summed E-state index contributed by atoms with van der Waals surface area (Å²) in [6.07, 6.45) is 5.71. The van der Waals surface area contributed by atoms with Crippen LogP contribution in [0.2, 0.25) is 0 Å². The van der Waals surface area contributed by atoms with Gasteiger partial charge in [-0.05, 0) is 44.7 Å². The van der Waals surface area contributed by atoms with Crippen LogP contribution in [0.3, 0.4) is 0 Å². The fraction of sp³-hybridized carbons (Fsp3) is 0.562. The third-order valence-corrected chi connectivity index (χ3v) is 5.48. The van der Waals surface area contributed by atoms with Crippen molar-refractivity contribution >= 4 is 16.5 Å². The summed E-state index contributed by atoms with van der Waals surface area (Å²) in [5.74, 6) is 0.505. The Labute approximate surface area is 122 Å². The lowest BCUT2D eigenvalue weighted by molar-refractivity contribution is -0.0285. The number of benzene rings is 1. The van der Waals surface area contributed by atoms with Gasteiger partial charge in [-0.3, -0.25) is 9.20 Å². The van der Waals surface area contributed by atoms with E-state index in [1.54, 1.807) is 0 Å². The molecule has 1 fully saturated rings. The number of nitrogens with zero attached hydrogens (tertiary/aromatic N) is 1. The van der Waals surface area contributed by atoms with Crippen LogP contribution in [0, 0.1) is 6.92 Å². The van der Waals surface area contributed by atoms with E-state index < -0.39 is 10.8 Å². The topological polar surface area (TPSA) is 38.7 Å². The van der Waals surface area contributed by atoms with Crippen molar-refractivity contribution in [2.75, 3.05) is 12.4 Å². The van der Waals surface area contributed by atoms with Crippen LogP contribution in [-0.2, 0) is 15.5 Å². The third-order valence-electron chi connectivity index (χ3n) is 4.09. The fourth-order valence-corrected chi connectivity index (χ4v) is 3.99. The largest absolute Gasteiger partial charge is 0.348 e. The summed E-state index contributed by atoms with van der Waals surface area (Å²) in [6.45, 7) is 2.59. The molecule has 0 N–H and O–H groups in total. The molecule has 20 heavy (non-hydrogen) atoms. The summed E-state index contributed by atoms with van der Waals surface area (Å²) < 4.78 is 18.3. The first kappa shape index (κ1) is 14.0. The highest BCUT2D eigenvalue weighted by Gasteiger charge is 2.37. The highest BCUT2D eigenvalue weighted by Crippen LogP contribution is 2.35. The van der Waals surface area contributed by atoms with Gasteiger partial charge in [0, 0.05) is 4.90 Å². The Hall–Kier alpha value is -1.00. The molecular formula is C16H21NO2S. The molecule has 3 nitrogen and oxygen atoms in total. The predicted octanol–water partition coefficient (Wildman–Crippen LogP) is 3.23. The van der Waals surface area contributed by atoms with Crippen molar-refractivity contribution in [2.45, 2.75) is 49.6 Å². The molecule has 1 atom stereocenters. The SMILES string of the molecule is Cc1ccc(S(=O)CC2=NC3(CCCCC3)OC2)cc1. The lowest BCUT2D eigenvalue weighted by Crippen LogP contribution is -2.29. The molecule has 108 valence electrons. The van der Waals surface area contributed by atoms with Gasteiger partial charge < -0.3 is 4.74 Å². The van der Waals surface area contributed by atoms with Gasteiger partial charge in [0.25, 0.3) is 0 Å². The number of aliphatic imine (C=N–C) groups is 1. The van der Waals surface area contributed by atoms with Gasteiger partial charge in [-0.15, -0.1) is 0 Å². The quantitative estimate of drug-likeness (QED) is 0.857. The molecule has 3 rings (SSSR count). The van der Waals surface area contributed by atoms with Crippen LogP contribution in [-0.4, -0.2) is 28.0 Å². The summed E-state index contributed by atoms with van der Waals surface area (Å²) >= 11 is 0. The van der Waals surface area contributed by atoms with Crippen molar-refractivity contribution in [3.63, 3.8) is 0 Å². The number of rotatable bonds is 3. The van der Waals surface area contributed by atoms with E-state index in [4.69, 9.17) is 9.73 Å². The van der Waals surface area contributed by atoms with Gasteiger partial charge in [0.05, 0.1) is 28.9 Å². The Morgan fingerprint density at radius 2 is 1.90 bits per heavy atom. The lowest BCUT2D eigenvalue weighted by Gasteiger charge is -2.29. The van der Waals surface area contributed by atoms with Gasteiger partial charge in [-0.25, -0.2) is 0 Å².